The number of benzene rings is 2. The normalized spacial score (nSPS) is 11.7. The second kappa shape index (κ2) is 8.79. The molecule has 0 aliphatic rings. The van der Waals surface area contributed by atoms with Crippen LogP contribution in [-0.4, -0.2) is 42.6 Å². The highest BCUT2D eigenvalue weighted by molar-refractivity contribution is 8.00. The molecule has 28 heavy (non-hydrogen) atoms. The van der Waals surface area contributed by atoms with E-state index in [2.05, 4.69) is 10.2 Å². The third-order valence-electron chi connectivity index (χ3n) is 4.07. The molecule has 0 saturated heterocycles. The number of carbonyl (C=O) groups excluding carboxylic acids is 1. The number of methoxy groups -OCH3 is 3. The molecule has 0 fully saturated rings. The lowest BCUT2D eigenvalue weighted by atomic mass is 10.1. The molecule has 0 unspecified atom stereocenters. The number of ketones is 1. The number of Topliss-reactive ketones (excluding diaryl/α,β-unsaturated/α-hetero) is 1. The Morgan fingerprint density at radius 3 is 2.29 bits per heavy atom. The fourth-order valence-electron chi connectivity index (χ4n) is 2.54. The van der Waals surface area contributed by atoms with Crippen molar-refractivity contribution in [3.05, 3.63) is 48.0 Å². The van der Waals surface area contributed by atoms with E-state index in [0.717, 1.165) is 0 Å². The largest absolute Gasteiger partial charge is 0.497 e. The molecular formula is C20H20N2O5S. The molecule has 0 bridgehead atoms. The van der Waals surface area contributed by atoms with Gasteiger partial charge in [0, 0.05) is 11.6 Å². The van der Waals surface area contributed by atoms with Gasteiger partial charge in [0.25, 0.3) is 11.1 Å². The van der Waals surface area contributed by atoms with E-state index < -0.39 is 0 Å². The van der Waals surface area contributed by atoms with Crippen molar-refractivity contribution in [1.82, 2.24) is 10.2 Å². The molecule has 0 spiro atoms. The zero-order valence-corrected chi connectivity index (χ0v) is 16.8. The Labute approximate surface area is 167 Å². The number of nitrogens with zero attached hydrogens (tertiary/aromatic N) is 2. The summed E-state index contributed by atoms with van der Waals surface area (Å²) in [5, 5.41) is 8.03. The van der Waals surface area contributed by atoms with E-state index in [9.17, 15) is 4.79 Å². The minimum Gasteiger partial charge on any atom is -0.497 e. The second-order valence-corrected chi connectivity index (χ2v) is 7.08. The van der Waals surface area contributed by atoms with E-state index in [4.69, 9.17) is 18.6 Å². The highest BCUT2D eigenvalue weighted by Crippen LogP contribution is 2.34. The number of aromatic nitrogens is 2. The fourth-order valence-corrected chi connectivity index (χ4v) is 3.30. The number of thioether (sulfide) groups is 1. The highest BCUT2D eigenvalue weighted by atomic mass is 32.2. The van der Waals surface area contributed by atoms with Crippen LogP contribution in [-0.2, 0) is 0 Å². The van der Waals surface area contributed by atoms with Gasteiger partial charge in [-0.25, -0.2) is 0 Å². The number of carbonyl (C=O) groups is 1. The van der Waals surface area contributed by atoms with Crippen LogP contribution in [0, 0.1) is 0 Å². The maximum atomic E-state index is 12.6. The van der Waals surface area contributed by atoms with Gasteiger partial charge in [-0.2, -0.15) is 0 Å². The van der Waals surface area contributed by atoms with Crippen LogP contribution in [0.25, 0.3) is 11.5 Å². The van der Waals surface area contributed by atoms with Crippen LogP contribution < -0.4 is 14.2 Å². The van der Waals surface area contributed by atoms with E-state index >= 15 is 0 Å². The molecular weight excluding hydrogens is 380 g/mol. The molecule has 0 amide bonds. The first-order valence-electron chi connectivity index (χ1n) is 8.46. The van der Waals surface area contributed by atoms with Crippen LogP contribution in [0.15, 0.2) is 52.1 Å². The van der Waals surface area contributed by atoms with Gasteiger partial charge in [-0.1, -0.05) is 11.8 Å². The Morgan fingerprint density at radius 2 is 1.64 bits per heavy atom. The number of hydrogen-bond acceptors (Lipinski definition) is 8. The van der Waals surface area contributed by atoms with Crippen LogP contribution in [0.1, 0.15) is 17.3 Å². The van der Waals surface area contributed by atoms with Crippen molar-refractivity contribution in [3.63, 3.8) is 0 Å². The lowest BCUT2D eigenvalue weighted by molar-refractivity contribution is 0.0993. The maximum absolute atomic E-state index is 12.6. The molecule has 1 atom stereocenters. The van der Waals surface area contributed by atoms with E-state index in [1.54, 1.807) is 70.7 Å². The summed E-state index contributed by atoms with van der Waals surface area (Å²) in [7, 11) is 4.72. The average Bonchev–Trinajstić information content (AvgIpc) is 3.20. The summed E-state index contributed by atoms with van der Waals surface area (Å²) in [6.07, 6.45) is 0. The first kappa shape index (κ1) is 19.8. The molecule has 3 rings (SSSR count). The van der Waals surface area contributed by atoms with Crippen molar-refractivity contribution in [1.29, 1.82) is 0 Å². The first-order valence-corrected chi connectivity index (χ1v) is 9.34. The van der Waals surface area contributed by atoms with Gasteiger partial charge in [0.15, 0.2) is 5.78 Å². The van der Waals surface area contributed by atoms with Gasteiger partial charge in [0.2, 0.25) is 0 Å². The summed E-state index contributed by atoms with van der Waals surface area (Å²) in [6, 6.07) is 12.3. The molecule has 1 heterocycles. The molecule has 7 nitrogen and oxygen atoms in total. The summed E-state index contributed by atoms with van der Waals surface area (Å²) in [5.74, 6) is 2.20. The second-order valence-electron chi connectivity index (χ2n) is 5.79. The fraction of sp³-hybridized carbons (Fsp3) is 0.250. The molecule has 1 aromatic heterocycles. The monoisotopic (exact) mass is 400 g/mol. The van der Waals surface area contributed by atoms with Crippen molar-refractivity contribution in [2.45, 2.75) is 17.4 Å². The molecule has 146 valence electrons. The van der Waals surface area contributed by atoms with E-state index in [1.807, 2.05) is 0 Å². The summed E-state index contributed by atoms with van der Waals surface area (Å²) >= 11 is 1.21. The van der Waals surface area contributed by atoms with E-state index in [1.165, 1.54) is 11.8 Å². The van der Waals surface area contributed by atoms with Gasteiger partial charge in [-0.15, -0.1) is 10.2 Å². The predicted octanol–water partition coefficient (Wildman–Crippen LogP) is 4.13. The lowest BCUT2D eigenvalue weighted by Crippen LogP contribution is -2.13. The predicted molar refractivity (Wildman–Crippen MR) is 105 cm³/mol. The number of hydrogen-bond donors (Lipinski definition) is 0. The summed E-state index contributed by atoms with van der Waals surface area (Å²) in [5.41, 5.74) is 1.24. The number of ether oxygens (including phenoxy) is 3. The van der Waals surface area contributed by atoms with E-state index in [0.29, 0.717) is 39.5 Å². The van der Waals surface area contributed by atoms with E-state index in [-0.39, 0.29) is 11.0 Å². The Hall–Kier alpha value is -3.00. The third kappa shape index (κ3) is 4.28. The quantitative estimate of drug-likeness (QED) is 0.412. The minimum atomic E-state index is -0.389. The van der Waals surface area contributed by atoms with Crippen molar-refractivity contribution in [3.8, 4) is 28.7 Å². The van der Waals surface area contributed by atoms with Gasteiger partial charge >= 0.3 is 0 Å². The van der Waals surface area contributed by atoms with Gasteiger partial charge < -0.3 is 18.6 Å². The molecule has 0 saturated carbocycles. The molecule has 0 aliphatic heterocycles. The maximum Gasteiger partial charge on any atom is 0.277 e. The van der Waals surface area contributed by atoms with Crippen LogP contribution in [0.4, 0.5) is 0 Å². The Balaban J connectivity index is 1.74. The molecule has 8 heteroatoms. The molecule has 0 aliphatic carbocycles. The number of rotatable bonds is 8. The van der Waals surface area contributed by atoms with Gasteiger partial charge in [-0.3, -0.25) is 4.79 Å². The Morgan fingerprint density at radius 1 is 0.964 bits per heavy atom. The van der Waals surface area contributed by atoms with Crippen LogP contribution >= 0.6 is 11.8 Å². The average molecular weight is 400 g/mol. The van der Waals surface area contributed by atoms with Crippen molar-refractivity contribution >= 4 is 17.5 Å². The van der Waals surface area contributed by atoms with Crippen molar-refractivity contribution < 1.29 is 23.4 Å². The van der Waals surface area contributed by atoms with Gasteiger partial charge in [0.1, 0.15) is 17.2 Å². The standard InChI is InChI=1S/C20H20N2O5S/c1-12(18(23)13-5-7-14(24-2)8-6-13)28-20-22-21-19(27-20)16-10-9-15(25-3)11-17(16)26-4/h5-12H,1-4H3/t12-/m1/s1. The summed E-state index contributed by atoms with van der Waals surface area (Å²) < 4.78 is 21.4. The molecule has 2 aromatic carbocycles. The zero-order chi connectivity index (χ0) is 20.1. The van der Waals surface area contributed by atoms with Gasteiger partial charge in [-0.05, 0) is 43.3 Å². The zero-order valence-electron chi connectivity index (χ0n) is 16.0. The van der Waals surface area contributed by atoms with Crippen LogP contribution in [0.3, 0.4) is 0 Å². The lowest BCUT2D eigenvalue weighted by Gasteiger charge is -2.08. The highest BCUT2D eigenvalue weighted by Gasteiger charge is 2.21. The minimum absolute atomic E-state index is 0.0329. The van der Waals surface area contributed by atoms with Crippen molar-refractivity contribution in [2.24, 2.45) is 0 Å². The van der Waals surface area contributed by atoms with Crippen molar-refractivity contribution in [2.75, 3.05) is 21.3 Å². The van der Waals surface area contributed by atoms with Crippen LogP contribution in [0.5, 0.6) is 17.2 Å². The topological polar surface area (TPSA) is 83.7 Å². The van der Waals surface area contributed by atoms with Crippen LogP contribution in [0.2, 0.25) is 0 Å². The molecule has 0 radical (unpaired) electrons. The van der Waals surface area contributed by atoms with Gasteiger partial charge in [0.05, 0.1) is 32.1 Å². The molecule has 0 N–H and O–H groups in total. The Kier molecular flexibility index (Phi) is 6.20. The third-order valence-corrected chi connectivity index (χ3v) is 5.00. The summed E-state index contributed by atoms with van der Waals surface area (Å²) in [6.45, 7) is 1.80. The smallest absolute Gasteiger partial charge is 0.277 e. The SMILES string of the molecule is COc1ccc(C(=O)[C@@H](C)Sc2nnc(-c3ccc(OC)cc3OC)o2)cc1. The molecule has 3 aromatic rings. The first-order chi connectivity index (χ1) is 13.5. The Bertz CT molecular complexity index is 955. The summed E-state index contributed by atoms with van der Waals surface area (Å²) in [4.78, 5) is 12.6.